The molecule has 1 saturated heterocycles. The van der Waals surface area contributed by atoms with E-state index in [2.05, 4.69) is 29.9 Å². The smallest absolute Gasteiger partial charge is 0.0403 e. The second kappa shape index (κ2) is 4.93. The molecule has 0 saturated carbocycles. The Hall–Kier alpha value is -0.930. The zero-order chi connectivity index (χ0) is 11.5. The molecule has 3 heteroatoms. The minimum absolute atomic E-state index is 0.451. The van der Waals surface area contributed by atoms with Gasteiger partial charge >= 0.3 is 0 Å². The van der Waals surface area contributed by atoms with Crippen LogP contribution in [0.15, 0.2) is 18.5 Å². The lowest BCUT2D eigenvalue weighted by atomic mass is 9.84. The van der Waals surface area contributed by atoms with E-state index in [1.807, 2.05) is 12.4 Å². The summed E-state index contributed by atoms with van der Waals surface area (Å²) in [5.41, 5.74) is 8.57. The Morgan fingerprint density at radius 3 is 3.06 bits per heavy atom. The molecule has 0 aliphatic carbocycles. The number of nitrogens with zero attached hydrogens (tertiary/aromatic N) is 2. The maximum atomic E-state index is 5.90. The second-order valence-corrected chi connectivity index (χ2v) is 4.80. The summed E-state index contributed by atoms with van der Waals surface area (Å²) in [5.74, 6) is 0.571. The van der Waals surface area contributed by atoms with Crippen LogP contribution in [0.1, 0.15) is 30.0 Å². The first-order valence-corrected chi connectivity index (χ1v) is 6.05. The number of nitrogens with two attached hydrogens (primary N) is 1. The topological polar surface area (TPSA) is 42.1 Å². The number of hydrogen-bond acceptors (Lipinski definition) is 3. The molecule has 0 bridgehead atoms. The number of rotatable bonds is 2. The van der Waals surface area contributed by atoms with E-state index in [9.17, 15) is 0 Å². The fourth-order valence-corrected chi connectivity index (χ4v) is 2.78. The third kappa shape index (κ3) is 2.11. The lowest BCUT2D eigenvalue weighted by Crippen LogP contribution is -2.39. The van der Waals surface area contributed by atoms with Crippen LogP contribution >= 0.6 is 0 Å². The van der Waals surface area contributed by atoms with Crippen molar-refractivity contribution >= 4 is 0 Å². The van der Waals surface area contributed by atoms with Crippen LogP contribution in [0.2, 0.25) is 0 Å². The van der Waals surface area contributed by atoms with Crippen molar-refractivity contribution in [3.63, 3.8) is 0 Å². The summed E-state index contributed by atoms with van der Waals surface area (Å²) in [7, 11) is 2.19. The Morgan fingerprint density at radius 1 is 1.56 bits per heavy atom. The number of pyridine rings is 1. The predicted molar refractivity (Wildman–Crippen MR) is 66.1 cm³/mol. The van der Waals surface area contributed by atoms with Crippen LogP contribution in [-0.4, -0.2) is 30.0 Å². The Morgan fingerprint density at radius 2 is 2.38 bits per heavy atom. The van der Waals surface area contributed by atoms with Gasteiger partial charge in [-0.2, -0.15) is 0 Å². The first kappa shape index (κ1) is 11.6. The van der Waals surface area contributed by atoms with Gasteiger partial charge < -0.3 is 5.73 Å². The monoisotopic (exact) mass is 219 g/mol. The molecule has 1 aliphatic heterocycles. The average molecular weight is 219 g/mol. The molecule has 0 amide bonds. The van der Waals surface area contributed by atoms with Crippen LogP contribution in [0, 0.1) is 12.8 Å². The van der Waals surface area contributed by atoms with Crippen molar-refractivity contribution in [1.29, 1.82) is 0 Å². The molecule has 1 aromatic heterocycles. The summed E-state index contributed by atoms with van der Waals surface area (Å²) in [6, 6.07) is 2.54. The second-order valence-electron chi connectivity index (χ2n) is 4.80. The molecule has 0 aromatic carbocycles. The minimum atomic E-state index is 0.451. The highest BCUT2D eigenvalue weighted by Gasteiger charge is 2.30. The molecule has 0 radical (unpaired) electrons. The van der Waals surface area contributed by atoms with E-state index in [0.717, 1.165) is 13.1 Å². The minimum Gasteiger partial charge on any atom is -0.330 e. The Balaban J connectivity index is 2.32. The lowest BCUT2D eigenvalue weighted by molar-refractivity contribution is 0.124. The molecular weight excluding hydrogens is 198 g/mol. The summed E-state index contributed by atoms with van der Waals surface area (Å²) in [6.07, 6.45) is 6.36. The van der Waals surface area contributed by atoms with Crippen molar-refractivity contribution in [3.05, 3.63) is 29.6 Å². The van der Waals surface area contributed by atoms with Gasteiger partial charge in [0.05, 0.1) is 0 Å². The van der Waals surface area contributed by atoms with Crippen LogP contribution in [0.4, 0.5) is 0 Å². The quantitative estimate of drug-likeness (QED) is 0.823. The standard InChI is InChI=1S/C13H21N3/c1-10-5-6-15-9-12(10)13-11(8-14)4-3-7-16(13)2/h5-6,9,11,13H,3-4,7-8,14H2,1-2H3. The first-order valence-electron chi connectivity index (χ1n) is 6.05. The van der Waals surface area contributed by atoms with E-state index >= 15 is 0 Å². The number of likely N-dealkylation sites (tertiary alicyclic amines) is 1. The van der Waals surface area contributed by atoms with Crippen LogP contribution in [0.5, 0.6) is 0 Å². The van der Waals surface area contributed by atoms with Crippen molar-refractivity contribution < 1.29 is 0 Å². The van der Waals surface area contributed by atoms with Crippen molar-refractivity contribution in [1.82, 2.24) is 9.88 Å². The van der Waals surface area contributed by atoms with E-state index < -0.39 is 0 Å². The Labute approximate surface area is 97.7 Å². The van der Waals surface area contributed by atoms with Gasteiger partial charge in [-0.05, 0) is 63.0 Å². The van der Waals surface area contributed by atoms with Gasteiger partial charge in [0, 0.05) is 18.4 Å². The van der Waals surface area contributed by atoms with Crippen LogP contribution < -0.4 is 5.73 Å². The molecule has 2 N–H and O–H groups in total. The molecule has 2 heterocycles. The first-order chi connectivity index (χ1) is 7.74. The van der Waals surface area contributed by atoms with Gasteiger partial charge in [-0.3, -0.25) is 9.88 Å². The normalized spacial score (nSPS) is 26.9. The number of piperidine rings is 1. The van der Waals surface area contributed by atoms with Crippen molar-refractivity contribution in [2.24, 2.45) is 11.7 Å². The van der Waals surface area contributed by atoms with Crippen molar-refractivity contribution in [2.45, 2.75) is 25.8 Å². The molecule has 1 aliphatic rings. The maximum absolute atomic E-state index is 5.90. The van der Waals surface area contributed by atoms with Gasteiger partial charge in [0.15, 0.2) is 0 Å². The van der Waals surface area contributed by atoms with E-state index in [1.165, 1.54) is 24.0 Å². The van der Waals surface area contributed by atoms with Gasteiger partial charge in [0.1, 0.15) is 0 Å². The third-order valence-corrected chi connectivity index (χ3v) is 3.71. The van der Waals surface area contributed by atoms with E-state index in [1.54, 1.807) is 0 Å². The number of hydrogen-bond donors (Lipinski definition) is 1. The van der Waals surface area contributed by atoms with Gasteiger partial charge in [0.2, 0.25) is 0 Å². The highest BCUT2D eigenvalue weighted by molar-refractivity contribution is 5.26. The average Bonchev–Trinajstić information content (AvgIpc) is 2.30. The molecule has 0 spiro atoms. The molecular formula is C13H21N3. The third-order valence-electron chi connectivity index (χ3n) is 3.71. The summed E-state index contributed by atoms with van der Waals surface area (Å²) in [6.45, 7) is 4.09. The lowest BCUT2D eigenvalue weighted by Gasteiger charge is -2.39. The zero-order valence-electron chi connectivity index (χ0n) is 10.2. The molecule has 3 nitrogen and oxygen atoms in total. The van der Waals surface area contributed by atoms with Crippen LogP contribution in [-0.2, 0) is 0 Å². The summed E-state index contributed by atoms with van der Waals surface area (Å²) < 4.78 is 0. The molecule has 2 atom stereocenters. The number of aryl methyl sites for hydroxylation is 1. The molecule has 2 unspecified atom stereocenters. The SMILES string of the molecule is Cc1ccncc1C1C(CN)CCCN1C. The van der Waals surface area contributed by atoms with E-state index in [4.69, 9.17) is 5.73 Å². The largest absolute Gasteiger partial charge is 0.330 e. The van der Waals surface area contributed by atoms with Gasteiger partial charge in [-0.1, -0.05) is 0 Å². The van der Waals surface area contributed by atoms with Gasteiger partial charge in [0.25, 0.3) is 0 Å². The van der Waals surface area contributed by atoms with E-state index in [-0.39, 0.29) is 0 Å². The Kier molecular flexibility index (Phi) is 3.56. The maximum Gasteiger partial charge on any atom is 0.0403 e. The van der Waals surface area contributed by atoms with Crippen molar-refractivity contribution in [3.8, 4) is 0 Å². The van der Waals surface area contributed by atoms with Crippen LogP contribution in [0.3, 0.4) is 0 Å². The predicted octanol–water partition coefficient (Wildman–Crippen LogP) is 1.73. The van der Waals surface area contributed by atoms with Gasteiger partial charge in [-0.25, -0.2) is 0 Å². The number of aromatic nitrogens is 1. The fourth-order valence-electron chi connectivity index (χ4n) is 2.78. The Bertz CT molecular complexity index is 351. The highest BCUT2D eigenvalue weighted by Crippen LogP contribution is 2.35. The van der Waals surface area contributed by atoms with Gasteiger partial charge in [-0.15, -0.1) is 0 Å². The summed E-state index contributed by atoms with van der Waals surface area (Å²) >= 11 is 0. The molecule has 1 fully saturated rings. The molecule has 2 rings (SSSR count). The summed E-state index contributed by atoms with van der Waals surface area (Å²) in [4.78, 5) is 6.68. The van der Waals surface area contributed by atoms with Crippen molar-refractivity contribution in [2.75, 3.05) is 20.1 Å². The van der Waals surface area contributed by atoms with E-state index in [0.29, 0.717) is 12.0 Å². The molecule has 88 valence electrons. The zero-order valence-corrected chi connectivity index (χ0v) is 10.2. The fraction of sp³-hybridized carbons (Fsp3) is 0.615. The molecule has 1 aromatic rings. The van der Waals surface area contributed by atoms with Crippen LogP contribution in [0.25, 0.3) is 0 Å². The summed E-state index contributed by atoms with van der Waals surface area (Å²) in [5, 5.41) is 0. The highest BCUT2D eigenvalue weighted by atomic mass is 15.1. The molecule has 16 heavy (non-hydrogen) atoms.